The summed E-state index contributed by atoms with van der Waals surface area (Å²) in [6.07, 6.45) is 5.59. The van der Waals surface area contributed by atoms with Crippen molar-refractivity contribution in [1.29, 1.82) is 0 Å². The lowest BCUT2D eigenvalue weighted by molar-refractivity contribution is -0.142. The summed E-state index contributed by atoms with van der Waals surface area (Å²) < 4.78 is 0. The fourth-order valence-corrected chi connectivity index (χ4v) is 5.82. The van der Waals surface area contributed by atoms with Crippen LogP contribution in [-0.4, -0.2) is 28.1 Å². The number of hydrogen-bond acceptors (Lipinski definition) is 3. The van der Waals surface area contributed by atoms with Crippen molar-refractivity contribution in [2.75, 3.05) is 0 Å². The van der Waals surface area contributed by atoms with E-state index in [1.165, 1.54) is 24.1 Å². The molecule has 1 saturated carbocycles. The summed E-state index contributed by atoms with van der Waals surface area (Å²) in [4.78, 5) is 16.4. The lowest BCUT2D eigenvalue weighted by atomic mass is 9.85. The summed E-state index contributed by atoms with van der Waals surface area (Å²) >= 11 is 8.03. The molecule has 132 valence electrons. The van der Waals surface area contributed by atoms with E-state index < -0.39 is 5.97 Å². The first-order valence-corrected chi connectivity index (χ1v) is 10.1. The quantitative estimate of drug-likeness (QED) is 0.789. The highest BCUT2D eigenvalue weighted by molar-refractivity contribution is 7.15. The molecule has 1 aliphatic carbocycles. The first-order chi connectivity index (χ1) is 12.1. The molecule has 0 radical (unpaired) electrons. The van der Waals surface area contributed by atoms with Crippen molar-refractivity contribution in [2.24, 2.45) is 5.92 Å². The van der Waals surface area contributed by atoms with Crippen LogP contribution in [0.4, 0.5) is 0 Å². The van der Waals surface area contributed by atoms with Crippen LogP contribution < -0.4 is 0 Å². The number of carboxylic acids is 1. The summed E-state index contributed by atoms with van der Waals surface area (Å²) in [5.74, 6) is -0.116. The molecule has 1 aliphatic heterocycles. The first-order valence-electron chi connectivity index (χ1n) is 8.95. The Morgan fingerprint density at radius 1 is 1.20 bits per heavy atom. The highest BCUT2D eigenvalue weighted by Gasteiger charge is 2.45. The Labute approximate surface area is 157 Å². The third-order valence-electron chi connectivity index (χ3n) is 5.65. The van der Waals surface area contributed by atoms with Crippen LogP contribution in [-0.2, 0) is 11.3 Å². The van der Waals surface area contributed by atoms with Crippen LogP contribution in [0.1, 0.15) is 37.0 Å². The second-order valence-corrected chi connectivity index (χ2v) is 8.70. The number of aliphatic carboxylic acids is 1. The SMILES string of the molecule is O=C(O)C1CC2CCCCC2N1Cc1ccc(-c2ccccc2Cl)s1. The second kappa shape index (κ2) is 7.10. The van der Waals surface area contributed by atoms with Crippen molar-refractivity contribution >= 4 is 28.9 Å². The van der Waals surface area contributed by atoms with Crippen LogP contribution in [0.3, 0.4) is 0 Å². The van der Waals surface area contributed by atoms with Gasteiger partial charge >= 0.3 is 5.97 Å². The van der Waals surface area contributed by atoms with E-state index in [2.05, 4.69) is 17.0 Å². The molecule has 4 rings (SSSR count). The number of rotatable bonds is 4. The standard InChI is InChI=1S/C20H22ClNO2S/c21-16-7-3-2-6-15(16)19-10-9-14(25-19)12-22-17-8-4-1-5-13(17)11-18(22)20(23)24/h2-3,6-7,9-10,13,17-18H,1,4-5,8,11-12H2,(H,23,24). The molecular formula is C20H22ClNO2S. The Bertz CT molecular complexity index is 775. The van der Waals surface area contributed by atoms with Crippen LogP contribution in [0.25, 0.3) is 10.4 Å². The zero-order valence-corrected chi connectivity index (χ0v) is 15.6. The number of nitrogens with zero attached hydrogens (tertiary/aromatic N) is 1. The van der Waals surface area contributed by atoms with Crippen LogP contribution in [0.5, 0.6) is 0 Å². The zero-order valence-electron chi connectivity index (χ0n) is 14.0. The molecule has 1 aromatic heterocycles. The maximum Gasteiger partial charge on any atom is 0.320 e. The van der Waals surface area contributed by atoms with E-state index in [0.717, 1.165) is 34.8 Å². The molecule has 2 aliphatic rings. The van der Waals surface area contributed by atoms with Gasteiger partial charge in [-0.25, -0.2) is 0 Å². The van der Waals surface area contributed by atoms with Gasteiger partial charge in [0.05, 0.1) is 0 Å². The molecule has 3 unspecified atom stereocenters. The fourth-order valence-electron chi connectivity index (χ4n) is 4.47. The molecule has 3 nitrogen and oxygen atoms in total. The van der Waals surface area contributed by atoms with Gasteiger partial charge < -0.3 is 5.11 Å². The minimum atomic E-state index is -0.669. The van der Waals surface area contributed by atoms with E-state index in [9.17, 15) is 9.90 Å². The summed E-state index contributed by atoms with van der Waals surface area (Å²) in [7, 11) is 0. The molecule has 1 saturated heterocycles. The smallest absolute Gasteiger partial charge is 0.320 e. The lowest BCUT2D eigenvalue weighted by Gasteiger charge is -2.32. The van der Waals surface area contributed by atoms with Gasteiger partial charge in [0.2, 0.25) is 0 Å². The Balaban J connectivity index is 1.56. The number of thiophene rings is 1. The number of carbonyl (C=O) groups is 1. The fraction of sp³-hybridized carbons (Fsp3) is 0.450. The predicted octanol–water partition coefficient (Wildman–Crippen LogP) is 5.29. The predicted molar refractivity (Wildman–Crippen MR) is 102 cm³/mol. The van der Waals surface area contributed by atoms with Gasteiger partial charge in [0.1, 0.15) is 6.04 Å². The van der Waals surface area contributed by atoms with Crippen molar-refractivity contribution in [1.82, 2.24) is 4.90 Å². The summed E-state index contributed by atoms with van der Waals surface area (Å²) in [6, 6.07) is 12.2. The molecular weight excluding hydrogens is 354 g/mol. The maximum absolute atomic E-state index is 11.8. The number of fused-ring (bicyclic) bond motifs is 1. The topological polar surface area (TPSA) is 40.5 Å². The average Bonchev–Trinajstić information content (AvgIpc) is 3.21. The van der Waals surface area contributed by atoms with Gasteiger partial charge in [0, 0.05) is 32.9 Å². The van der Waals surface area contributed by atoms with Gasteiger partial charge in [-0.2, -0.15) is 0 Å². The molecule has 0 bridgehead atoms. The summed E-state index contributed by atoms with van der Waals surface area (Å²) in [5.41, 5.74) is 1.05. The van der Waals surface area contributed by atoms with E-state index in [1.807, 2.05) is 24.3 Å². The number of hydrogen-bond donors (Lipinski definition) is 1. The van der Waals surface area contributed by atoms with Gasteiger partial charge in [-0.05, 0) is 43.4 Å². The highest BCUT2D eigenvalue weighted by atomic mass is 35.5. The van der Waals surface area contributed by atoms with Crippen LogP contribution in [0, 0.1) is 5.92 Å². The van der Waals surface area contributed by atoms with Crippen molar-refractivity contribution < 1.29 is 9.90 Å². The molecule has 2 heterocycles. The van der Waals surface area contributed by atoms with E-state index in [-0.39, 0.29) is 6.04 Å². The maximum atomic E-state index is 11.8. The molecule has 2 aromatic rings. The number of benzene rings is 1. The van der Waals surface area contributed by atoms with E-state index in [4.69, 9.17) is 11.6 Å². The van der Waals surface area contributed by atoms with E-state index in [0.29, 0.717) is 12.0 Å². The average molecular weight is 376 g/mol. The van der Waals surface area contributed by atoms with E-state index in [1.54, 1.807) is 11.3 Å². The van der Waals surface area contributed by atoms with Crippen LogP contribution >= 0.6 is 22.9 Å². The third kappa shape index (κ3) is 3.35. The van der Waals surface area contributed by atoms with Gasteiger partial charge in [0.15, 0.2) is 0 Å². The van der Waals surface area contributed by atoms with Crippen molar-refractivity contribution in [3.8, 4) is 10.4 Å². The van der Waals surface area contributed by atoms with Crippen molar-refractivity contribution in [3.05, 3.63) is 46.3 Å². The second-order valence-electron chi connectivity index (χ2n) is 7.12. The minimum absolute atomic E-state index is 0.334. The van der Waals surface area contributed by atoms with Gasteiger partial charge in [-0.3, -0.25) is 9.69 Å². The molecule has 1 N–H and O–H groups in total. The van der Waals surface area contributed by atoms with Gasteiger partial charge in [-0.1, -0.05) is 42.6 Å². The minimum Gasteiger partial charge on any atom is -0.480 e. The Kier molecular flexibility index (Phi) is 4.85. The Hall–Kier alpha value is -1.36. The molecule has 3 atom stereocenters. The Morgan fingerprint density at radius 2 is 2.00 bits per heavy atom. The largest absolute Gasteiger partial charge is 0.480 e. The molecule has 0 spiro atoms. The highest BCUT2D eigenvalue weighted by Crippen LogP contribution is 2.42. The van der Waals surface area contributed by atoms with Gasteiger partial charge in [0.25, 0.3) is 0 Å². The van der Waals surface area contributed by atoms with E-state index >= 15 is 0 Å². The number of carboxylic acid groups (broad SMARTS) is 1. The normalized spacial score (nSPS) is 26.5. The third-order valence-corrected chi connectivity index (χ3v) is 7.08. The van der Waals surface area contributed by atoms with Crippen molar-refractivity contribution in [3.63, 3.8) is 0 Å². The molecule has 25 heavy (non-hydrogen) atoms. The first kappa shape index (κ1) is 17.1. The molecule has 5 heteroatoms. The zero-order chi connectivity index (χ0) is 17.4. The van der Waals surface area contributed by atoms with Crippen LogP contribution in [0.15, 0.2) is 36.4 Å². The summed E-state index contributed by atoms with van der Waals surface area (Å²) in [6.45, 7) is 0.729. The number of halogens is 1. The Morgan fingerprint density at radius 3 is 2.80 bits per heavy atom. The van der Waals surface area contributed by atoms with Gasteiger partial charge in [-0.15, -0.1) is 11.3 Å². The lowest BCUT2D eigenvalue weighted by Crippen LogP contribution is -2.41. The number of likely N-dealkylation sites (tertiary alicyclic amines) is 1. The van der Waals surface area contributed by atoms with Crippen molar-refractivity contribution in [2.45, 2.75) is 50.7 Å². The summed E-state index contributed by atoms with van der Waals surface area (Å²) in [5, 5.41) is 10.4. The monoisotopic (exact) mass is 375 g/mol. The molecule has 0 amide bonds. The molecule has 1 aromatic carbocycles. The van der Waals surface area contributed by atoms with Crippen LogP contribution in [0.2, 0.25) is 5.02 Å². The molecule has 2 fully saturated rings.